The van der Waals surface area contributed by atoms with Crippen LogP contribution in [0.5, 0.6) is 0 Å². The topological polar surface area (TPSA) is 91.8 Å². The zero-order valence-corrected chi connectivity index (χ0v) is 10.2. The summed E-state index contributed by atoms with van der Waals surface area (Å²) in [6.45, 7) is 0.417. The van der Waals surface area contributed by atoms with Crippen molar-refractivity contribution in [3.05, 3.63) is 30.1 Å². The predicted octanol–water partition coefficient (Wildman–Crippen LogP) is 0.567. The second-order valence-corrected chi connectivity index (χ2v) is 4.55. The summed E-state index contributed by atoms with van der Waals surface area (Å²) < 4.78 is 0. The number of rotatable bonds is 4. The Balaban J connectivity index is 2.06. The second kappa shape index (κ2) is 4.64. The van der Waals surface area contributed by atoms with Gasteiger partial charge < -0.3 is 15.8 Å². The fraction of sp³-hybridized carbons (Fsp3) is 0.417. The van der Waals surface area contributed by atoms with Crippen LogP contribution >= 0.6 is 0 Å². The van der Waals surface area contributed by atoms with Crippen LogP contribution in [-0.2, 0) is 11.3 Å². The molecule has 0 unspecified atom stereocenters. The van der Waals surface area contributed by atoms with Crippen LogP contribution in [0.2, 0.25) is 0 Å². The van der Waals surface area contributed by atoms with E-state index in [1.54, 1.807) is 18.1 Å². The highest BCUT2D eigenvalue weighted by molar-refractivity contribution is 6.09. The van der Waals surface area contributed by atoms with Crippen LogP contribution < -0.4 is 5.73 Å². The van der Waals surface area contributed by atoms with Gasteiger partial charge in [0, 0.05) is 13.2 Å². The summed E-state index contributed by atoms with van der Waals surface area (Å²) in [7, 11) is 1.70. The molecular weight excluding hydrogens is 232 g/mol. The number of hydrogen-bond acceptors (Lipinski definition) is 4. The van der Waals surface area contributed by atoms with Crippen molar-refractivity contribution in [1.82, 2.24) is 9.88 Å². The van der Waals surface area contributed by atoms with E-state index < -0.39 is 5.41 Å². The minimum atomic E-state index is -0.793. The highest BCUT2D eigenvalue weighted by Crippen LogP contribution is 2.47. The first kappa shape index (κ1) is 12.3. The van der Waals surface area contributed by atoms with Gasteiger partial charge in [0.2, 0.25) is 5.91 Å². The first-order valence-corrected chi connectivity index (χ1v) is 5.73. The number of aromatic nitrogens is 1. The maximum atomic E-state index is 12.3. The summed E-state index contributed by atoms with van der Waals surface area (Å²) >= 11 is 0. The van der Waals surface area contributed by atoms with Crippen molar-refractivity contribution in [3.8, 4) is 0 Å². The van der Waals surface area contributed by atoms with Gasteiger partial charge in [-0.05, 0) is 25.0 Å². The molecule has 1 aromatic heterocycles. The van der Waals surface area contributed by atoms with Crippen molar-refractivity contribution in [2.75, 3.05) is 7.05 Å². The van der Waals surface area contributed by atoms with Gasteiger partial charge in [0.15, 0.2) is 5.84 Å². The summed E-state index contributed by atoms with van der Waals surface area (Å²) in [6.07, 6.45) is 2.95. The Hall–Kier alpha value is -2.11. The smallest absolute Gasteiger partial charge is 0.236 e. The third kappa shape index (κ3) is 2.13. The molecule has 0 atom stereocenters. The van der Waals surface area contributed by atoms with Gasteiger partial charge in [-0.1, -0.05) is 11.2 Å². The third-order valence-electron chi connectivity index (χ3n) is 3.23. The molecule has 0 saturated heterocycles. The minimum absolute atomic E-state index is 0.000343. The highest BCUT2D eigenvalue weighted by atomic mass is 16.4. The first-order valence-electron chi connectivity index (χ1n) is 5.73. The van der Waals surface area contributed by atoms with E-state index in [2.05, 4.69) is 10.1 Å². The van der Waals surface area contributed by atoms with E-state index in [1.807, 2.05) is 18.2 Å². The lowest BCUT2D eigenvalue weighted by atomic mass is 10.0. The lowest BCUT2D eigenvalue weighted by molar-refractivity contribution is -0.133. The number of amides is 1. The van der Waals surface area contributed by atoms with Crippen LogP contribution in [-0.4, -0.2) is 33.9 Å². The number of nitrogens with two attached hydrogens (primary N) is 1. The SMILES string of the molecule is CN(Cc1ccccn1)C(=O)C1(/C(N)=N/O)CC1. The summed E-state index contributed by atoms with van der Waals surface area (Å²) in [6, 6.07) is 5.55. The number of carbonyl (C=O) groups is 1. The summed E-state index contributed by atoms with van der Waals surface area (Å²) in [4.78, 5) is 18.0. The largest absolute Gasteiger partial charge is 0.409 e. The van der Waals surface area contributed by atoms with E-state index in [1.165, 1.54) is 0 Å². The lowest BCUT2D eigenvalue weighted by Crippen LogP contribution is -2.41. The number of oxime groups is 1. The Morgan fingerprint density at radius 1 is 1.61 bits per heavy atom. The van der Waals surface area contributed by atoms with Crippen molar-refractivity contribution in [3.63, 3.8) is 0 Å². The maximum absolute atomic E-state index is 12.3. The van der Waals surface area contributed by atoms with E-state index >= 15 is 0 Å². The molecule has 18 heavy (non-hydrogen) atoms. The molecular formula is C12H16N4O2. The Morgan fingerprint density at radius 3 is 2.83 bits per heavy atom. The number of nitrogens with zero attached hydrogens (tertiary/aromatic N) is 3. The molecule has 1 aliphatic carbocycles. The Bertz CT molecular complexity index is 468. The fourth-order valence-corrected chi connectivity index (χ4v) is 1.97. The Labute approximate surface area is 105 Å². The first-order chi connectivity index (χ1) is 8.60. The zero-order valence-electron chi connectivity index (χ0n) is 10.2. The molecule has 1 aliphatic rings. The Kier molecular flexibility index (Phi) is 3.18. The fourth-order valence-electron chi connectivity index (χ4n) is 1.97. The van der Waals surface area contributed by atoms with E-state index in [-0.39, 0.29) is 11.7 Å². The van der Waals surface area contributed by atoms with Gasteiger partial charge in [-0.3, -0.25) is 9.78 Å². The van der Waals surface area contributed by atoms with Crippen LogP contribution in [0.4, 0.5) is 0 Å². The standard InChI is InChI=1S/C12H16N4O2/c1-16(8-9-4-2-3-7-14-9)11(17)12(5-6-12)10(13)15-18/h2-4,7,18H,5-6,8H2,1H3,(H2,13,15). The van der Waals surface area contributed by atoms with Crippen molar-refractivity contribution in [2.45, 2.75) is 19.4 Å². The highest BCUT2D eigenvalue weighted by Gasteiger charge is 2.55. The molecule has 1 aromatic rings. The molecule has 6 heteroatoms. The minimum Gasteiger partial charge on any atom is -0.409 e. The summed E-state index contributed by atoms with van der Waals surface area (Å²) in [5.41, 5.74) is 5.60. The summed E-state index contributed by atoms with van der Waals surface area (Å²) in [5, 5.41) is 11.7. The van der Waals surface area contributed by atoms with E-state index in [0.29, 0.717) is 19.4 Å². The van der Waals surface area contributed by atoms with Crippen molar-refractivity contribution < 1.29 is 10.0 Å². The quantitative estimate of drug-likeness (QED) is 0.352. The van der Waals surface area contributed by atoms with Gasteiger partial charge in [-0.15, -0.1) is 0 Å². The van der Waals surface area contributed by atoms with Gasteiger partial charge in [-0.25, -0.2) is 0 Å². The number of hydrogen-bond donors (Lipinski definition) is 2. The molecule has 1 fully saturated rings. The van der Waals surface area contributed by atoms with Crippen LogP contribution in [0.3, 0.4) is 0 Å². The van der Waals surface area contributed by atoms with E-state index in [9.17, 15) is 4.79 Å². The van der Waals surface area contributed by atoms with Gasteiger partial charge in [0.1, 0.15) is 5.41 Å². The van der Waals surface area contributed by atoms with Crippen LogP contribution in [0, 0.1) is 5.41 Å². The zero-order chi connectivity index (χ0) is 13.2. The van der Waals surface area contributed by atoms with Crippen LogP contribution in [0.15, 0.2) is 29.6 Å². The average molecular weight is 248 g/mol. The van der Waals surface area contributed by atoms with Gasteiger partial charge in [0.25, 0.3) is 0 Å². The number of amidine groups is 1. The molecule has 0 aromatic carbocycles. The molecule has 0 bridgehead atoms. The number of carbonyl (C=O) groups excluding carboxylic acids is 1. The lowest BCUT2D eigenvalue weighted by Gasteiger charge is -2.22. The molecule has 0 aliphatic heterocycles. The molecule has 6 nitrogen and oxygen atoms in total. The monoisotopic (exact) mass is 248 g/mol. The predicted molar refractivity (Wildman–Crippen MR) is 65.8 cm³/mol. The molecule has 3 N–H and O–H groups in total. The Morgan fingerprint density at radius 2 is 2.33 bits per heavy atom. The molecule has 0 radical (unpaired) electrons. The van der Waals surface area contributed by atoms with E-state index in [4.69, 9.17) is 10.9 Å². The average Bonchev–Trinajstić information content (AvgIpc) is 3.19. The third-order valence-corrected chi connectivity index (χ3v) is 3.23. The van der Waals surface area contributed by atoms with Crippen LogP contribution in [0.25, 0.3) is 0 Å². The summed E-state index contributed by atoms with van der Waals surface area (Å²) in [5.74, 6) is -0.121. The molecule has 1 saturated carbocycles. The molecule has 1 amide bonds. The molecule has 0 spiro atoms. The van der Waals surface area contributed by atoms with E-state index in [0.717, 1.165) is 5.69 Å². The maximum Gasteiger partial charge on any atom is 0.236 e. The van der Waals surface area contributed by atoms with Crippen molar-refractivity contribution in [2.24, 2.45) is 16.3 Å². The second-order valence-electron chi connectivity index (χ2n) is 4.55. The van der Waals surface area contributed by atoms with Gasteiger partial charge in [0.05, 0.1) is 12.2 Å². The molecule has 1 heterocycles. The van der Waals surface area contributed by atoms with Crippen molar-refractivity contribution >= 4 is 11.7 Å². The molecule has 96 valence electrons. The van der Waals surface area contributed by atoms with Crippen LogP contribution in [0.1, 0.15) is 18.5 Å². The van der Waals surface area contributed by atoms with Gasteiger partial charge >= 0.3 is 0 Å². The van der Waals surface area contributed by atoms with Gasteiger partial charge in [-0.2, -0.15) is 0 Å². The van der Waals surface area contributed by atoms with Crippen molar-refractivity contribution in [1.29, 1.82) is 0 Å². The normalized spacial score (nSPS) is 17.3. The number of pyridine rings is 1. The molecule has 2 rings (SSSR count).